The van der Waals surface area contributed by atoms with Gasteiger partial charge in [0.2, 0.25) is 5.91 Å². The molecular formula is C26H29ClFN5O4. The number of halogens is 2. The Labute approximate surface area is 219 Å². The standard InChI is InChI=1S/C26H29ClFN5O4/c1-32-13-16(10-21(32)26(35)33-8-6-15(34)7-9-33)37-23-11-17-20(12-22(23)36-2)29-14-30-25(17)31-19-5-3-4-18(27)24(19)28/h3-5,11-12,14-16,21,34H,6-10,13H2,1-2H3,(H,29,30,31)/t16?,21-/m1/s1. The minimum Gasteiger partial charge on any atom is -0.493 e. The number of aliphatic hydroxyl groups is 1. The molecule has 0 bridgehead atoms. The largest absolute Gasteiger partial charge is 0.493 e. The maximum Gasteiger partial charge on any atom is 0.240 e. The molecule has 2 N–H and O–H groups in total. The van der Waals surface area contributed by atoms with E-state index in [4.69, 9.17) is 21.1 Å². The van der Waals surface area contributed by atoms with Crippen LogP contribution < -0.4 is 14.8 Å². The van der Waals surface area contributed by atoms with Crippen LogP contribution in [-0.4, -0.2) is 82.8 Å². The number of methoxy groups -OCH3 is 1. The van der Waals surface area contributed by atoms with Crippen LogP contribution in [0.2, 0.25) is 5.02 Å². The number of rotatable bonds is 6. The highest BCUT2D eigenvalue weighted by molar-refractivity contribution is 6.31. The second kappa shape index (κ2) is 10.6. The number of hydrogen-bond acceptors (Lipinski definition) is 8. The van der Waals surface area contributed by atoms with Crippen molar-refractivity contribution in [2.24, 2.45) is 0 Å². The third-order valence-electron chi connectivity index (χ3n) is 6.99. The van der Waals surface area contributed by atoms with Gasteiger partial charge < -0.3 is 24.8 Å². The Kier molecular flexibility index (Phi) is 7.32. The number of aliphatic hydroxyl groups excluding tert-OH is 1. The lowest BCUT2D eigenvalue weighted by Crippen LogP contribution is -2.48. The van der Waals surface area contributed by atoms with Crippen LogP contribution in [0.4, 0.5) is 15.9 Å². The SMILES string of the molecule is COc1cc2ncnc(Nc3cccc(Cl)c3F)c2cc1OC1C[C@H](C(=O)N2CCC(O)CC2)N(C)C1. The highest BCUT2D eigenvalue weighted by Crippen LogP contribution is 2.37. The molecule has 2 atom stereocenters. The summed E-state index contributed by atoms with van der Waals surface area (Å²) in [5, 5.41) is 13.4. The van der Waals surface area contributed by atoms with Crippen molar-refractivity contribution in [3.05, 3.63) is 47.5 Å². The van der Waals surface area contributed by atoms with E-state index >= 15 is 0 Å². The van der Waals surface area contributed by atoms with Gasteiger partial charge in [-0.2, -0.15) is 0 Å². The lowest BCUT2D eigenvalue weighted by molar-refractivity contribution is -0.137. The number of likely N-dealkylation sites (N-methyl/N-ethyl adjacent to an activating group) is 1. The number of hydrogen-bond donors (Lipinski definition) is 2. The molecule has 3 heterocycles. The molecule has 1 unspecified atom stereocenters. The molecule has 37 heavy (non-hydrogen) atoms. The van der Waals surface area contributed by atoms with E-state index in [2.05, 4.69) is 15.3 Å². The summed E-state index contributed by atoms with van der Waals surface area (Å²) in [4.78, 5) is 25.6. The van der Waals surface area contributed by atoms with Gasteiger partial charge in [-0.25, -0.2) is 14.4 Å². The number of nitrogens with zero attached hydrogens (tertiary/aromatic N) is 4. The fraction of sp³-hybridized carbons (Fsp3) is 0.423. The molecule has 2 aromatic carbocycles. The Morgan fingerprint density at radius 2 is 2.00 bits per heavy atom. The van der Waals surface area contributed by atoms with Gasteiger partial charge in [0.1, 0.15) is 18.2 Å². The van der Waals surface area contributed by atoms with E-state index in [1.54, 1.807) is 31.4 Å². The molecular weight excluding hydrogens is 501 g/mol. The van der Waals surface area contributed by atoms with E-state index in [0.29, 0.717) is 67.1 Å². The minimum atomic E-state index is -0.575. The van der Waals surface area contributed by atoms with Crippen LogP contribution >= 0.6 is 11.6 Å². The molecule has 3 aromatic rings. The Hall–Kier alpha value is -3.21. The third-order valence-corrected chi connectivity index (χ3v) is 7.28. The van der Waals surface area contributed by atoms with Gasteiger partial charge >= 0.3 is 0 Å². The van der Waals surface area contributed by atoms with Crippen molar-refractivity contribution in [2.75, 3.05) is 39.1 Å². The predicted molar refractivity (Wildman–Crippen MR) is 138 cm³/mol. The van der Waals surface area contributed by atoms with Gasteiger partial charge in [0, 0.05) is 37.5 Å². The average molecular weight is 530 g/mol. The summed E-state index contributed by atoms with van der Waals surface area (Å²) < 4.78 is 26.4. The summed E-state index contributed by atoms with van der Waals surface area (Å²) >= 11 is 5.93. The molecule has 9 nitrogen and oxygen atoms in total. The van der Waals surface area contributed by atoms with Gasteiger partial charge in [-0.05, 0) is 38.1 Å². The average Bonchev–Trinajstić information content (AvgIpc) is 3.26. The number of ether oxygens (including phenoxy) is 2. The number of benzene rings is 2. The first kappa shape index (κ1) is 25.4. The molecule has 0 spiro atoms. The number of likely N-dealkylation sites (tertiary alicyclic amines) is 2. The Balaban J connectivity index is 1.37. The Bertz CT molecular complexity index is 1300. The van der Waals surface area contributed by atoms with Gasteiger partial charge in [-0.15, -0.1) is 0 Å². The molecule has 0 aliphatic carbocycles. The molecule has 1 aromatic heterocycles. The van der Waals surface area contributed by atoms with Crippen molar-refractivity contribution in [2.45, 2.75) is 37.5 Å². The van der Waals surface area contributed by atoms with E-state index in [-0.39, 0.29) is 34.9 Å². The zero-order valence-electron chi connectivity index (χ0n) is 20.7. The summed E-state index contributed by atoms with van der Waals surface area (Å²) in [6.07, 6.45) is 2.55. The summed E-state index contributed by atoms with van der Waals surface area (Å²) in [6, 6.07) is 7.91. The van der Waals surface area contributed by atoms with Gasteiger partial charge in [-0.3, -0.25) is 9.69 Å². The number of carbonyl (C=O) groups excluding carboxylic acids is 1. The van der Waals surface area contributed by atoms with Crippen LogP contribution in [0, 0.1) is 5.82 Å². The van der Waals surface area contributed by atoms with Crippen LogP contribution in [0.25, 0.3) is 10.9 Å². The number of amides is 1. The van der Waals surface area contributed by atoms with Crippen LogP contribution in [-0.2, 0) is 4.79 Å². The lowest BCUT2D eigenvalue weighted by Gasteiger charge is -2.33. The summed E-state index contributed by atoms with van der Waals surface area (Å²) in [5.41, 5.74) is 0.780. The van der Waals surface area contributed by atoms with Gasteiger partial charge in [0.15, 0.2) is 17.3 Å². The van der Waals surface area contributed by atoms with E-state index < -0.39 is 5.82 Å². The fourth-order valence-electron chi connectivity index (χ4n) is 4.95. The van der Waals surface area contributed by atoms with E-state index in [1.807, 2.05) is 16.8 Å². The monoisotopic (exact) mass is 529 g/mol. The Morgan fingerprint density at radius 1 is 1.22 bits per heavy atom. The first-order valence-electron chi connectivity index (χ1n) is 12.2. The molecule has 2 aliphatic heterocycles. The fourth-order valence-corrected chi connectivity index (χ4v) is 5.12. The molecule has 11 heteroatoms. The smallest absolute Gasteiger partial charge is 0.240 e. The Morgan fingerprint density at radius 3 is 2.76 bits per heavy atom. The molecule has 2 fully saturated rings. The number of carbonyl (C=O) groups is 1. The maximum absolute atomic E-state index is 14.5. The second-order valence-corrected chi connectivity index (χ2v) is 9.86. The molecule has 2 aliphatic rings. The van der Waals surface area contributed by atoms with Crippen molar-refractivity contribution in [1.29, 1.82) is 0 Å². The molecule has 196 valence electrons. The third kappa shape index (κ3) is 5.27. The van der Waals surface area contributed by atoms with Crippen molar-refractivity contribution in [3.8, 4) is 11.5 Å². The van der Waals surface area contributed by atoms with Crippen LogP contribution in [0.1, 0.15) is 19.3 Å². The van der Waals surface area contributed by atoms with Gasteiger partial charge in [0.25, 0.3) is 0 Å². The normalized spacial score (nSPS) is 20.8. The van der Waals surface area contributed by atoms with Crippen LogP contribution in [0.3, 0.4) is 0 Å². The van der Waals surface area contributed by atoms with Crippen molar-refractivity contribution in [3.63, 3.8) is 0 Å². The van der Waals surface area contributed by atoms with Crippen LogP contribution in [0.5, 0.6) is 11.5 Å². The predicted octanol–water partition coefficient (Wildman–Crippen LogP) is 3.61. The van der Waals surface area contributed by atoms with Crippen LogP contribution in [0.15, 0.2) is 36.7 Å². The van der Waals surface area contributed by atoms with Crippen molar-refractivity contribution in [1.82, 2.24) is 19.8 Å². The minimum absolute atomic E-state index is 0.00393. The molecule has 5 rings (SSSR count). The van der Waals surface area contributed by atoms with Gasteiger partial charge in [-0.1, -0.05) is 17.7 Å². The number of anilines is 2. The quantitative estimate of drug-likeness (QED) is 0.499. The maximum atomic E-state index is 14.5. The summed E-state index contributed by atoms with van der Waals surface area (Å²) in [5.74, 6) is 0.853. The van der Waals surface area contributed by atoms with Crippen molar-refractivity contribution >= 4 is 39.9 Å². The molecule has 0 saturated carbocycles. The first-order chi connectivity index (χ1) is 17.8. The lowest BCUT2D eigenvalue weighted by atomic mass is 10.1. The first-order valence-corrected chi connectivity index (χ1v) is 12.6. The van der Waals surface area contributed by atoms with E-state index in [1.165, 1.54) is 12.4 Å². The molecule has 1 amide bonds. The topological polar surface area (TPSA) is 100 Å². The zero-order valence-corrected chi connectivity index (χ0v) is 21.4. The highest BCUT2D eigenvalue weighted by Gasteiger charge is 2.39. The van der Waals surface area contributed by atoms with E-state index in [9.17, 15) is 14.3 Å². The second-order valence-electron chi connectivity index (χ2n) is 9.46. The summed E-state index contributed by atoms with van der Waals surface area (Å²) in [7, 11) is 3.46. The molecule has 2 saturated heterocycles. The zero-order chi connectivity index (χ0) is 26.1. The highest BCUT2D eigenvalue weighted by atomic mass is 35.5. The van der Waals surface area contributed by atoms with Crippen molar-refractivity contribution < 1.29 is 23.8 Å². The van der Waals surface area contributed by atoms with E-state index in [0.717, 1.165) is 0 Å². The van der Waals surface area contributed by atoms with Gasteiger partial charge in [0.05, 0.1) is 35.5 Å². The number of piperidine rings is 1. The molecule has 0 radical (unpaired) electrons. The number of fused-ring (bicyclic) bond motifs is 1. The summed E-state index contributed by atoms with van der Waals surface area (Å²) in [6.45, 7) is 1.70. The number of nitrogens with one attached hydrogen (secondary N) is 1. The number of aromatic nitrogens is 2.